The molecule has 0 saturated carbocycles. The smallest absolute Gasteiger partial charge is 0.294 e. The largest absolute Gasteiger partial charge is 0.320 e. The fourth-order valence-corrected chi connectivity index (χ4v) is 3.76. The van der Waals surface area contributed by atoms with E-state index in [0.717, 1.165) is 10.7 Å². The zero-order valence-electron chi connectivity index (χ0n) is 13.4. The highest BCUT2D eigenvalue weighted by molar-refractivity contribution is 7.99. The number of nitro benzene ring substituents is 1. The van der Waals surface area contributed by atoms with Crippen LogP contribution < -0.4 is 5.32 Å². The summed E-state index contributed by atoms with van der Waals surface area (Å²) >= 11 is 8.51. The molecule has 2 aromatic heterocycles. The van der Waals surface area contributed by atoms with E-state index in [1.54, 1.807) is 15.9 Å². The van der Waals surface area contributed by atoms with Gasteiger partial charge in [0.25, 0.3) is 5.69 Å². The van der Waals surface area contributed by atoms with Gasteiger partial charge in [0.1, 0.15) is 5.69 Å². The number of hydrogen-bond acceptors (Lipinski definition) is 7. The van der Waals surface area contributed by atoms with E-state index in [2.05, 4.69) is 15.5 Å². The van der Waals surface area contributed by atoms with Crippen LogP contribution in [0.2, 0.25) is 5.02 Å². The second-order valence-corrected chi connectivity index (χ2v) is 7.42. The SMILES string of the molecule is Cn1c(SCC(=O)Nc2ccc(Cl)cc2[N+](=O)[O-])nnc1-c1cccs1. The Balaban J connectivity index is 1.66. The van der Waals surface area contributed by atoms with Crippen LogP contribution in [-0.2, 0) is 11.8 Å². The van der Waals surface area contributed by atoms with E-state index in [4.69, 9.17) is 11.6 Å². The zero-order chi connectivity index (χ0) is 18.7. The van der Waals surface area contributed by atoms with Crippen LogP contribution in [-0.4, -0.2) is 31.3 Å². The molecule has 0 aliphatic carbocycles. The van der Waals surface area contributed by atoms with Crippen LogP contribution in [0.3, 0.4) is 0 Å². The number of rotatable bonds is 6. The number of benzene rings is 1. The van der Waals surface area contributed by atoms with Crippen molar-refractivity contribution in [2.24, 2.45) is 7.05 Å². The lowest BCUT2D eigenvalue weighted by atomic mass is 10.2. The molecule has 134 valence electrons. The fraction of sp³-hybridized carbons (Fsp3) is 0.133. The van der Waals surface area contributed by atoms with Crippen LogP contribution in [0.4, 0.5) is 11.4 Å². The normalized spacial score (nSPS) is 10.7. The number of anilines is 1. The molecule has 0 fully saturated rings. The summed E-state index contributed by atoms with van der Waals surface area (Å²) in [5, 5.41) is 24.6. The average molecular weight is 410 g/mol. The maximum atomic E-state index is 12.1. The Kier molecular flexibility index (Phi) is 5.55. The number of carbonyl (C=O) groups is 1. The summed E-state index contributed by atoms with van der Waals surface area (Å²) in [6.45, 7) is 0. The van der Waals surface area contributed by atoms with Crippen molar-refractivity contribution in [2.75, 3.05) is 11.1 Å². The Bertz CT molecular complexity index is 958. The van der Waals surface area contributed by atoms with Gasteiger partial charge in [-0.2, -0.15) is 0 Å². The third-order valence-electron chi connectivity index (χ3n) is 3.34. The summed E-state index contributed by atoms with van der Waals surface area (Å²) in [5.74, 6) is 0.369. The molecule has 26 heavy (non-hydrogen) atoms. The van der Waals surface area contributed by atoms with E-state index >= 15 is 0 Å². The van der Waals surface area contributed by atoms with E-state index < -0.39 is 4.92 Å². The summed E-state index contributed by atoms with van der Waals surface area (Å²) in [5.41, 5.74) is -0.156. The van der Waals surface area contributed by atoms with Crippen molar-refractivity contribution in [3.63, 3.8) is 0 Å². The molecule has 3 rings (SSSR count). The molecular weight excluding hydrogens is 398 g/mol. The zero-order valence-corrected chi connectivity index (χ0v) is 15.8. The molecule has 0 bridgehead atoms. The van der Waals surface area contributed by atoms with E-state index in [9.17, 15) is 14.9 Å². The highest BCUT2D eigenvalue weighted by Gasteiger charge is 2.18. The Morgan fingerprint density at radius 2 is 2.23 bits per heavy atom. The van der Waals surface area contributed by atoms with Crippen LogP contribution in [0.5, 0.6) is 0 Å². The van der Waals surface area contributed by atoms with Gasteiger partial charge in [-0.05, 0) is 23.6 Å². The van der Waals surface area contributed by atoms with Gasteiger partial charge in [-0.3, -0.25) is 14.9 Å². The molecule has 0 unspecified atom stereocenters. The Morgan fingerprint density at radius 1 is 1.42 bits per heavy atom. The lowest BCUT2D eigenvalue weighted by molar-refractivity contribution is -0.383. The lowest BCUT2D eigenvalue weighted by Gasteiger charge is -2.06. The number of nitrogens with one attached hydrogen (secondary N) is 1. The van der Waals surface area contributed by atoms with E-state index in [-0.39, 0.29) is 28.1 Å². The van der Waals surface area contributed by atoms with Crippen LogP contribution in [0.1, 0.15) is 0 Å². The van der Waals surface area contributed by atoms with E-state index in [1.165, 1.54) is 30.0 Å². The number of thiophene rings is 1. The minimum Gasteiger partial charge on any atom is -0.320 e. The molecule has 0 atom stereocenters. The van der Waals surface area contributed by atoms with E-state index in [1.807, 2.05) is 24.6 Å². The van der Waals surface area contributed by atoms with Gasteiger partial charge >= 0.3 is 0 Å². The Hall–Kier alpha value is -2.43. The number of hydrogen-bond donors (Lipinski definition) is 1. The van der Waals surface area contributed by atoms with Crippen molar-refractivity contribution in [1.82, 2.24) is 14.8 Å². The molecule has 0 aliphatic rings. The second kappa shape index (κ2) is 7.85. The Labute approximate surface area is 161 Å². The van der Waals surface area contributed by atoms with Gasteiger partial charge in [-0.25, -0.2) is 0 Å². The van der Waals surface area contributed by atoms with Gasteiger partial charge in [-0.15, -0.1) is 21.5 Å². The number of amides is 1. The highest BCUT2D eigenvalue weighted by atomic mass is 35.5. The van der Waals surface area contributed by atoms with Crippen molar-refractivity contribution < 1.29 is 9.72 Å². The molecule has 1 N–H and O–H groups in total. The van der Waals surface area contributed by atoms with Gasteiger partial charge < -0.3 is 9.88 Å². The van der Waals surface area contributed by atoms with Crippen molar-refractivity contribution in [3.05, 3.63) is 50.8 Å². The first-order chi connectivity index (χ1) is 12.5. The standard InChI is InChI=1S/C15H12ClN5O3S2/c1-20-14(12-3-2-6-25-12)18-19-15(20)26-8-13(22)17-10-5-4-9(16)7-11(10)21(23)24/h2-7H,8H2,1H3,(H,17,22). The summed E-state index contributed by atoms with van der Waals surface area (Å²) in [6, 6.07) is 7.94. The number of carbonyl (C=O) groups excluding carboxylic acids is 1. The Morgan fingerprint density at radius 3 is 2.92 bits per heavy atom. The first kappa shape index (κ1) is 18.4. The maximum absolute atomic E-state index is 12.1. The van der Waals surface area contributed by atoms with Crippen molar-refractivity contribution in [2.45, 2.75) is 5.16 Å². The van der Waals surface area contributed by atoms with Gasteiger partial charge in [0.15, 0.2) is 11.0 Å². The highest BCUT2D eigenvalue weighted by Crippen LogP contribution is 2.29. The van der Waals surface area contributed by atoms with Gasteiger partial charge in [0.2, 0.25) is 5.91 Å². The molecular formula is C15H12ClN5O3S2. The first-order valence-electron chi connectivity index (χ1n) is 7.25. The predicted molar refractivity (Wildman–Crippen MR) is 102 cm³/mol. The molecule has 0 radical (unpaired) electrons. The number of nitrogens with zero attached hydrogens (tertiary/aromatic N) is 4. The minimum atomic E-state index is -0.593. The molecule has 0 spiro atoms. The van der Waals surface area contributed by atoms with Crippen molar-refractivity contribution in [3.8, 4) is 10.7 Å². The second-order valence-electron chi connectivity index (χ2n) is 5.10. The molecule has 0 aliphatic heterocycles. The molecule has 3 aromatic rings. The fourth-order valence-electron chi connectivity index (χ4n) is 2.14. The predicted octanol–water partition coefficient (Wildman–Crippen LogP) is 3.84. The third kappa shape index (κ3) is 4.03. The number of aromatic nitrogens is 3. The minimum absolute atomic E-state index is 0.0379. The summed E-state index contributed by atoms with van der Waals surface area (Å²) in [7, 11) is 1.82. The molecule has 2 heterocycles. The quantitative estimate of drug-likeness (QED) is 0.377. The number of thioether (sulfide) groups is 1. The van der Waals surface area contributed by atoms with E-state index in [0.29, 0.717) is 5.16 Å². The molecule has 1 aromatic carbocycles. The summed E-state index contributed by atoms with van der Waals surface area (Å²) in [4.78, 5) is 23.6. The maximum Gasteiger partial charge on any atom is 0.294 e. The topological polar surface area (TPSA) is 103 Å². The molecule has 1 amide bonds. The van der Waals surface area contributed by atoms with Crippen molar-refractivity contribution in [1.29, 1.82) is 0 Å². The average Bonchev–Trinajstić information content (AvgIpc) is 3.24. The van der Waals surface area contributed by atoms with Crippen LogP contribution in [0.15, 0.2) is 40.9 Å². The molecule has 0 saturated heterocycles. The molecule has 11 heteroatoms. The number of nitro groups is 1. The van der Waals surface area contributed by atoms with Crippen LogP contribution >= 0.6 is 34.7 Å². The van der Waals surface area contributed by atoms with Gasteiger partial charge in [0.05, 0.1) is 15.6 Å². The van der Waals surface area contributed by atoms with Crippen molar-refractivity contribution >= 4 is 52.0 Å². The lowest BCUT2D eigenvalue weighted by Crippen LogP contribution is -2.15. The molecule has 8 nitrogen and oxygen atoms in total. The monoisotopic (exact) mass is 409 g/mol. The summed E-state index contributed by atoms with van der Waals surface area (Å²) in [6.07, 6.45) is 0. The van der Waals surface area contributed by atoms with Gasteiger partial charge in [-0.1, -0.05) is 29.4 Å². The first-order valence-corrected chi connectivity index (χ1v) is 9.50. The van der Waals surface area contributed by atoms with Crippen LogP contribution in [0.25, 0.3) is 10.7 Å². The summed E-state index contributed by atoms with van der Waals surface area (Å²) < 4.78 is 1.80. The van der Waals surface area contributed by atoms with Gasteiger partial charge in [0, 0.05) is 18.1 Å². The number of halogens is 1. The van der Waals surface area contributed by atoms with Crippen LogP contribution in [0, 0.1) is 10.1 Å². The third-order valence-corrected chi connectivity index (χ3v) is 5.46.